The van der Waals surface area contributed by atoms with Crippen LogP contribution in [0.15, 0.2) is 70.7 Å². The molecule has 0 aliphatic carbocycles. The maximum atomic E-state index is 14.2. The average Bonchev–Trinajstić information content (AvgIpc) is 4.06. The Bertz CT molecular complexity index is 2460. The van der Waals surface area contributed by atoms with Crippen LogP contribution in [0, 0.1) is 18.8 Å². The normalized spacial score (nSPS) is 23.4. The number of β-amino-alcohol motifs (C(OH)–C–C–N with tert-alkyl or cyclic N) is 1. The first-order valence-corrected chi connectivity index (χ1v) is 23.8. The highest BCUT2D eigenvalue weighted by atomic mass is 32.1. The molecule has 65 heavy (non-hydrogen) atoms. The number of carbonyl (C=O) groups excluding carboxylic acids is 2. The molecule has 16 nitrogen and oxygen atoms in total. The van der Waals surface area contributed by atoms with E-state index in [0.717, 1.165) is 85.4 Å². The zero-order valence-corrected chi connectivity index (χ0v) is 38.6. The minimum atomic E-state index is -0.821. The highest BCUT2D eigenvalue weighted by Gasteiger charge is 2.44. The SMILES string of the molecule is Cc1ncsc1-c1ccc(C(C)NC(=O)[C@@H]2C[C@@H](O)CN2C(=O)C(c2cc(OCCN3CC[C@@H](N4CCN5c6cc(-c7ccccc7O)nnc6NC[C@@H]5C4)[C@H](C)C3)no2)C(C)C)cc1. The van der Waals surface area contributed by atoms with E-state index < -0.39 is 18.1 Å². The number of thiazole rings is 1. The van der Waals surface area contributed by atoms with Crippen LogP contribution in [0.4, 0.5) is 11.5 Å². The number of aliphatic hydroxyl groups is 1. The summed E-state index contributed by atoms with van der Waals surface area (Å²) >= 11 is 1.59. The third kappa shape index (κ3) is 9.42. The standard InChI is InChI=1S/C48H60N10O6S/c1-28(2)44(48(62)58-26-35(59)20-40(58)47(61)51-30(4)32-10-12-33(13-11-32)45-31(5)50-27-65-45)42-22-43(54-64-42)63-19-18-55-15-14-38(29(3)24-55)56-16-17-57-34(25-56)23-49-46-39(57)21-37(52-53-46)36-8-6-7-9-41(36)60/h6-13,21-22,27-30,34-35,38,40,44,59-60H,14-20,23-26H2,1-5H3,(H,49,53)(H,51,61)/t29-,30?,34-,35-,38-,40+,44?/m1/s1. The first-order chi connectivity index (χ1) is 31.4. The first kappa shape index (κ1) is 44.6. The summed E-state index contributed by atoms with van der Waals surface area (Å²) in [6.45, 7) is 16.9. The summed E-state index contributed by atoms with van der Waals surface area (Å²) in [6, 6.07) is 18.7. The molecule has 3 fully saturated rings. The van der Waals surface area contributed by atoms with Crippen molar-refractivity contribution in [2.45, 2.75) is 83.6 Å². The summed E-state index contributed by atoms with van der Waals surface area (Å²) in [5.41, 5.74) is 7.20. The number of aromatic hydroxyl groups is 1. The number of likely N-dealkylation sites (tertiary alicyclic amines) is 2. The molecule has 0 spiro atoms. The third-order valence-electron chi connectivity index (χ3n) is 13.7. The number of piperazine rings is 1. The maximum Gasteiger partial charge on any atom is 0.254 e. The Balaban J connectivity index is 0.753. The summed E-state index contributed by atoms with van der Waals surface area (Å²) in [4.78, 5) is 42.5. The van der Waals surface area contributed by atoms with Crippen molar-refractivity contribution >= 4 is 34.7 Å². The number of ether oxygens (including phenoxy) is 1. The van der Waals surface area contributed by atoms with E-state index in [2.05, 4.69) is 52.6 Å². The second-order valence-corrected chi connectivity index (χ2v) is 19.3. The summed E-state index contributed by atoms with van der Waals surface area (Å²) < 4.78 is 11.9. The van der Waals surface area contributed by atoms with E-state index in [1.54, 1.807) is 29.5 Å². The molecule has 344 valence electrons. The number of nitrogens with zero attached hydrogens (tertiary/aromatic N) is 8. The van der Waals surface area contributed by atoms with Gasteiger partial charge in [0.05, 0.1) is 45.7 Å². The number of nitrogens with one attached hydrogen (secondary N) is 2. The molecule has 7 heterocycles. The van der Waals surface area contributed by atoms with Gasteiger partial charge < -0.3 is 39.9 Å². The van der Waals surface area contributed by atoms with Gasteiger partial charge in [0.2, 0.25) is 11.8 Å². The van der Waals surface area contributed by atoms with Gasteiger partial charge in [-0.15, -0.1) is 21.5 Å². The van der Waals surface area contributed by atoms with Crippen LogP contribution in [0.25, 0.3) is 21.7 Å². The molecule has 3 saturated heterocycles. The summed E-state index contributed by atoms with van der Waals surface area (Å²) in [6.07, 6.45) is 0.404. The number of hydrogen-bond donors (Lipinski definition) is 4. The number of piperidine rings is 1. The molecule has 3 aromatic heterocycles. The molecule has 0 bridgehead atoms. The molecule has 4 aliphatic heterocycles. The van der Waals surface area contributed by atoms with Crippen LogP contribution in [0.3, 0.4) is 0 Å². The van der Waals surface area contributed by atoms with E-state index in [4.69, 9.17) is 9.26 Å². The molecule has 4 N–H and O–H groups in total. The van der Waals surface area contributed by atoms with E-state index >= 15 is 0 Å². The Hall–Kier alpha value is -5.62. The molecular weight excluding hydrogens is 845 g/mol. The lowest BCUT2D eigenvalue weighted by Gasteiger charge is -2.50. The molecule has 2 aromatic carbocycles. The highest BCUT2D eigenvalue weighted by molar-refractivity contribution is 7.13. The molecule has 17 heteroatoms. The van der Waals surface area contributed by atoms with Gasteiger partial charge in [-0.1, -0.05) is 57.2 Å². The number of benzene rings is 2. The van der Waals surface area contributed by atoms with Gasteiger partial charge in [0.25, 0.3) is 5.88 Å². The molecule has 5 aromatic rings. The van der Waals surface area contributed by atoms with Crippen molar-refractivity contribution in [2.24, 2.45) is 11.8 Å². The number of rotatable bonds is 13. The Labute approximate surface area is 384 Å². The zero-order chi connectivity index (χ0) is 45.4. The maximum absolute atomic E-state index is 14.2. The number of aliphatic hydroxyl groups excluding tert-OH is 1. The van der Waals surface area contributed by atoms with Gasteiger partial charge in [0.1, 0.15) is 24.3 Å². The lowest BCUT2D eigenvalue weighted by molar-refractivity contribution is -0.141. The van der Waals surface area contributed by atoms with Crippen LogP contribution in [0.2, 0.25) is 0 Å². The van der Waals surface area contributed by atoms with Crippen LogP contribution in [-0.2, 0) is 9.59 Å². The average molecular weight is 905 g/mol. The summed E-state index contributed by atoms with van der Waals surface area (Å²) in [5, 5.41) is 40.8. The zero-order valence-electron chi connectivity index (χ0n) is 37.8. The number of anilines is 2. The Morgan fingerprint density at radius 2 is 1.85 bits per heavy atom. The molecule has 9 rings (SSSR count). The van der Waals surface area contributed by atoms with Crippen LogP contribution in [0.5, 0.6) is 11.6 Å². The van der Waals surface area contributed by atoms with Crippen molar-refractivity contribution < 1.29 is 29.1 Å². The van der Waals surface area contributed by atoms with E-state index in [1.807, 2.05) is 75.7 Å². The van der Waals surface area contributed by atoms with E-state index in [0.29, 0.717) is 47.5 Å². The number of phenolic OH excluding ortho intramolecular Hbond substituents is 1. The third-order valence-corrected chi connectivity index (χ3v) is 14.7. The van der Waals surface area contributed by atoms with Crippen molar-refractivity contribution in [1.29, 1.82) is 0 Å². The predicted octanol–water partition coefficient (Wildman–Crippen LogP) is 5.55. The van der Waals surface area contributed by atoms with Crippen molar-refractivity contribution in [3.05, 3.63) is 83.2 Å². The number of hydrogen-bond acceptors (Lipinski definition) is 15. The molecule has 0 radical (unpaired) electrons. The summed E-state index contributed by atoms with van der Waals surface area (Å²) in [7, 11) is 0. The van der Waals surface area contributed by atoms with Crippen LogP contribution in [-0.4, -0.2) is 140 Å². The van der Waals surface area contributed by atoms with E-state index in [-0.39, 0.29) is 42.5 Å². The second-order valence-electron chi connectivity index (χ2n) is 18.5. The molecule has 0 saturated carbocycles. The van der Waals surface area contributed by atoms with Gasteiger partial charge in [-0.2, -0.15) is 0 Å². The predicted molar refractivity (Wildman–Crippen MR) is 249 cm³/mol. The Morgan fingerprint density at radius 3 is 2.60 bits per heavy atom. The lowest BCUT2D eigenvalue weighted by Crippen LogP contribution is -2.62. The molecular formula is C48H60N10O6S. The van der Waals surface area contributed by atoms with Gasteiger partial charge in [-0.25, -0.2) is 4.98 Å². The number of aryl methyl sites for hydroxylation is 1. The monoisotopic (exact) mass is 904 g/mol. The van der Waals surface area contributed by atoms with Crippen molar-refractivity contribution in [1.82, 2.24) is 40.4 Å². The first-order valence-electron chi connectivity index (χ1n) is 22.9. The second kappa shape index (κ2) is 19.1. The highest BCUT2D eigenvalue weighted by Crippen LogP contribution is 2.38. The van der Waals surface area contributed by atoms with Crippen molar-refractivity contribution in [2.75, 3.05) is 69.2 Å². The van der Waals surface area contributed by atoms with Crippen LogP contribution < -0.4 is 20.3 Å². The van der Waals surface area contributed by atoms with E-state index in [9.17, 15) is 19.8 Å². The van der Waals surface area contributed by atoms with Gasteiger partial charge in [-0.3, -0.25) is 19.4 Å². The van der Waals surface area contributed by atoms with Gasteiger partial charge in [0, 0.05) is 69.9 Å². The molecule has 2 unspecified atom stereocenters. The number of para-hydroxylation sites is 1. The summed E-state index contributed by atoms with van der Waals surface area (Å²) in [5.74, 6) is 0.678. The number of aromatic nitrogens is 4. The van der Waals surface area contributed by atoms with Crippen LogP contribution in [0.1, 0.15) is 69.5 Å². The number of phenols is 1. The fraction of sp³-hybridized carbons (Fsp3) is 0.500. The molecule has 2 amide bonds. The number of fused-ring (bicyclic) bond motifs is 3. The topological polar surface area (TPSA) is 186 Å². The van der Waals surface area contributed by atoms with Crippen molar-refractivity contribution in [3.8, 4) is 33.3 Å². The van der Waals surface area contributed by atoms with Gasteiger partial charge >= 0.3 is 0 Å². The largest absolute Gasteiger partial charge is 0.507 e. The van der Waals surface area contributed by atoms with Gasteiger partial charge in [-0.05, 0) is 73.1 Å². The Morgan fingerprint density at radius 1 is 1.03 bits per heavy atom. The molecule has 7 atom stereocenters. The fourth-order valence-corrected chi connectivity index (χ4v) is 11.1. The minimum Gasteiger partial charge on any atom is -0.507 e. The minimum absolute atomic E-state index is 0.0604. The van der Waals surface area contributed by atoms with Crippen LogP contribution >= 0.6 is 11.3 Å². The van der Waals surface area contributed by atoms with Gasteiger partial charge in [0.15, 0.2) is 11.6 Å². The quantitative estimate of drug-likeness (QED) is 0.115. The number of amides is 2. The Kier molecular flexibility index (Phi) is 13.1. The van der Waals surface area contributed by atoms with Crippen molar-refractivity contribution in [3.63, 3.8) is 0 Å². The smallest absolute Gasteiger partial charge is 0.254 e. The lowest BCUT2D eigenvalue weighted by atomic mass is 9.91. The number of carbonyl (C=O) groups is 2. The molecule has 4 aliphatic rings. The fourth-order valence-electron chi connectivity index (χ4n) is 10.3. The van der Waals surface area contributed by atoms with E-state index in [1.165, 1.54) is 4.90 Å².